The summed E-state index contributed by atoms with van der Waals surface area (Å²) in [6, 6.07) is 0. The number of sulfonamides is 1. The molecule has 120 valence electrons. The number of esters is 1. The van der Waals surface area contributed by atoms with E-state index in [0.29, 0.717) is 6.54 Å². The smallest absolute Gasteiger partial charge is 0.342 e. The Morgan fingerprint density at radius 1 is 1.19 bits per heavy atom. The summed E-state index contributed by atoms with van der Waals surface area (Å²) in [4.78, 5) is 11.6. The summed E-state index contributed by atoms with van der Waals surface area (Å²) >= 11 is 0. The molecule has 0 aliphatic heterocycles. The summed E-state index contributed by atoms with van der Waals surface area (Å²) in [6.45, 7) is 6.62. The van der Waals surface area contributed by atoms with E-state index in [1.165, 1.54) is 21.0 Å². The van der Waals surface area contributed by atoms with Crippen LogP contribution in [-0.2, 0) is 14.8 Å². The van der Waals surface area contributed by atoms with E-state index in [1.807, 2.05) is 6.92 Å². The van der Waals surface area contributed by atoms with Crippen molar-refractivity contribution in [3.8, 4) is 0 Å². The molecule has 0 fully saturated rings. The van der Waals surface area contributed by atoms with Crippen molar-refractivity contribution >= 4 is 16.0 Å². The maximum atomic E-state index is 12.3. The van der Waals surface area contributed by atoms with Gasteiger partial charge in [0.15, 0.2) is 0 Å². The van der Waals surface area contributed by atoms with Crippen LogP contribution in [0.1, 0.15) is 35.2 Å². The number of rotatable bonds is 8. The van der Waals surface area contributed by atoms with Gasteiger partial charge in [-0.2, -0.15) is 0 Å². The van der Waals surface area contributed by atoms with Gasteiger partial charge in [-0.15, -0.1) is 0 Å². The topological polar surface area (TPSA) is 97.6 Å². The summed E-state index contributed by atoms with van der Waals surface area (Å²) in [7, 11) is -2.63. The molecule has 0 aliphatic carbocycles. The Balaban J connectivity index is 2.95. The minimum absolute atomic E-state index is 0.0518. The van der Waals surface area contributed by atoms with E-state index < -0.39 is 16.0 Å². The molecule has 1 aromatic heterocycles. The fraction of sp³-hybridized carbons (Fsp3) is 0.615. The van der Waals surface area contributed by atoms with Crippen LogP contribution in [0.3, 0.4) is 0 Å². The minimum Gasteiger partial charge on any atom is -0.465 e. The van der Waals surface area contributed by atoms with Gasteiger partial charge in [0.25, 0.3) is 0 Å². The van der Waals surface area contributed by atoms with Crippen LogP contribution in [0.2, 0.25) is 0 Å². The molecule has 8 heteroatoms. The lowest BCUT2D eigenvalue weighted by molar-refractivity contribution is 0.0595. The van der Waals surface area contributed by atoms with Crippen LogP contribution in [0.5, 0.6) is 0 Å². The van der Waals surface area contributed by atoms with Crippen LogP contribution in [0.4, 0.5) is 0 Å². The Morgan fingerprint density at radius 2 is 1.86 bits per heavy atom. The summed E-state index contributed by atoms with van der Waals surface area (Å²) in [5, 5.41) is 3.09. The molecule has 0 saturated heterocycles. The SMILES string of the molecule is CCCNCCNS(=O)(=O)c1c(C)oc(C)c1C(=O)OC. The first-order valence-corrected chi connectivity index (χ1v) is 8.22. The van der Waals surface area contributed by atoms with E-state index in [-0.39, 0.29) is 28.5 Å². The summed E-state index contributed by atoms with van der Waals surface area (Å²) in [6.07, 6.45) is 0.972. The number of methoxy groups -OCH3 is 1. The highest BCUT2D eigenvalue weighted by atomic mass is 32.2. The van der Waals surface area contributed by atoms with Crippen molar-refractivity contribution in [2.45, 2.75) is 32.1 Å². The van der Waals surface area contributed by atoms with Gasteiger partial charge < -0.3 is 14.5 Å². The molecule has 0 amide bonds. The second kappa shape index (κ2) is 7.58. The average molecular weight is 318 g/mol. The van der Waals surface area contributed by atoms with Crippen molar-refractivity contribution in [3.63, 3.8) is 0 Å². The highest BCUT2D eigenvalue weighted by molar-refractivity contribution is 7.89. The second-order valence-electron chi connectivity index (χ2n) is 4.56. The lowest BCUT2D eigenvalue weighted by Gasteiger charge is -2.08. The van der Waals surface area contributed by atoms with E-state index in [1.54, 1.807) is 0 Å². The normalized spacial score (nSPS) is 11.6. The van der Waals surface area contributed by atoms with Crippen molar-refractivity contribution in [3.05, 3.63) is 17.1 Å². The molecule has 2 N–H and O–H groups in total. The predicted molar refractivity (Wildman–Crippen MR) is 77.9 cm³/mol. The number of hydrogen-bond donors (Lipinski definition) is 2. The maximum absolute atomic E-state index is 12.3. The van der Waals surface area contributed by atoms with E-state index >= 15 is 0 Å². The molecule has 0 unspecified atom stereocenters. The second-order valence-corrected chi connectivity index (χ2v) is 6.26. The van der Waals surface area contributed by atoms with Gasteiger partial charge in [-0.3, -0.25) is 0 Å². The van der Waals surface area contributed by atoms with E-state index in [0.717, 1.165) is 13.0 Å². The Hall–Kier alpha value is -1.38. The number of ether oxygens (including phenoxy) is 1. The third kappa shape index (κ3) is 4.29. The van der Waals surface area contributed by atoms with Gasteiger partial charge in [0.1, 0.15) is 22.0 Å². The third-order valence-electron chi connectivity index (χ3n) is 2.88. The van der Waals surface area contributed by atoms with Crippen LogP contribution >= 0.6 is 0 Å². The summed E-state index contributed by atoms with van der Waals surface area (Å²) in [5.74, 6) is -0.334. The molecule has 7 nitrogen and oxygen atoms in total. The Labute approximate surface area is 125 Å². The third-order valence-corrected chi connectivity index (χ3v) is 4.50. The van der Waals surface area contributed by atoms with Crippen LogP contribution in [0.25, 0.3) is 0 Å². The van der Waals surface area contributed by atoms with Crippen LogP contribution < -0.4 is 10.0 Å². The number of carbonyl (C=O) groups is 1. The summed E-state index contributed by atoms with van der Waals surface area (Å²) in [5.41, 5.74) is -0.0518. The molecule has 0 atom stereocenters. The van der Waals surface area contributed by atoms with Crippen molar-refractivity contribution in [2.24, 2.45) is 0 Å². The highest BCUT2D eigenvalue weighted by Gasteiger charge is 2.31. The van der Waals surface area contributed by atoms with Gasteiger partial charge in [-0.05, 0) is 26.8 Å². The lowest BCUT2D eigenvalue weighted by Crippen LogP contribution is -2.33. The van der Waals surface area contributed by atoms with E-state index in [2.05, 4.69) is 14.8 Å². The molecule has 0 bridgehead atoms. The van der Waals surface area contributed by atoms with Crippen molar-refractivity contribution < 1.29 is 22.4 Å². The Morgan fingerprint density at radius 3 is 2.43 bits per heavy atom. The predicted octanol–water partition coefficient (Wildman–Crippen LogP) is 0.961. The number of furan rings is 1. The highest BCUT2D eigenvalue weighted by Crippen LogP contribution is 2.26. The fourth-order valence-corrected chi connectivity index (χ4v) is 3.40. The molecule has 0 radical (unpaired) electrons. The van der Waals surface area contributed by atoms with Gasteiger partial charge in [-0.1, -0.05) is 6.92 Å². The van der Waals surface area contributed by atoms with Gasteiger partial charge in [-0.25, -0.2) is 17.9 Å². The zero-order valence-electron chi connectivity index (χ0n) is 12.8. The molecule has 0 aromatic carbocycles. The van der Waals surface area contributed by atoms with Gasteiger partial charge in [0.05, 0.1) is 7.11 Å². The number of nitrogens with one attached hydrogen (secondary N) is 2. The van der Waals surface area contributed by atoms with Crippen molar-refractivity contribution in [2.75, 3.05) is 26.7 Å². The van der Waals surface area contributed by atoms with Crippen molar-refractivity contribution in [1.82, 2.24) is 10.0 Å². The maximum Gasteiger partial charge on any atom is 0.342 e. The lowest BCUT2D eigenvalue weighted by atomic mass is 10.2. The molecule has 0 aliphatic rings. The minimum atomic E-state index is -3.83. The molecular formula is C13H22N2O5S. The van der Waals surface area contributed by atoms with Crippen molar-refractivity contribution in [1.29, 1.82) is 0 Å². The first-order valence-electron chi connectivity index (χ1n) is 6.73. The van der Waals surface area contributed by atoms with E-state index in [9.17, 15) is 13.2 Å². The van der Waals surface area contributed by atoms with Crippen LogP contribution in [0, 0.1) is 13.8 Å². The molecular weight excluding hydrogens is 296 g/mol. The quantitative estimate of drug-likeness (QED) is 0.547. The Bertz CT molecular complexity index is 592. The molecule has 1 aromatic rings. The standard InChI is InChI=1S/C13H22N2O5S/c1-5-6-14-7-8-15-21(17,18)12-10(3)20-9(2)11(12)13(16)19-4/h14-15H,5-8H2,1-4H3. The fourth-order valence-electron chi connectivity index (χ4n) is 1.97. The Kier molecular flexibility index (Phi) is 6.38. The molecule has 0 spiro atoms. The van der Waals surface area contributed by atoms with Crippen LogP contribution in [0.15, 0.2) is 9.31 Å². The van der Waals surface area contributed by atoms with Crippen LogP contribution in [-0.4, -0.2) is 41.1 Å². The zero-order valence-corrected chi connectivity index (χ0v) is 13.6. The monoisotopic (exact) mass is 318 g/mol. The molecule has 0 saturated carbocycles. The molecule has 1 heterocycles. The number of hydrogen-bond acceptors (Lipinski definition) is 6. The first kappa shape index (κ1) is 17.7. The molecule has 21 heavy (non-hydrogen) atoms. The largest absolute Gasteiger partial charge is 0.465 e. The van der Waals surface area contributed by atoms with Gasteiger partial charge in [0.2, 0.25) is 10.0 Å². The van der Waals surface area contributed by atoms with E-state index in [4.69, 9.17) is 4.42 Å². The average Bonchev–Trinajstić information content (AvgIpc) is 2.73. The summed E-state index contributed by atoms with van der Waals surface area (Å²) < 4.78 is 37.0. The first-order chi connectivity index (χ1) is 9.85. The molecule has 1 rings (SSSR count). The zero-order chi connectivity index (χ0) is 16.0. The number of carbonyl (C=O) groups excluding carboxylic acids is 1. The van der Waals surface area contributed by atoms with Gasteiger partial charge >= 0.3 is 5.97 Å². The number of aryl methyl sites for hydroxylation is 2. The van der Waals surface area contributed by atoms with Gasteiger partial charge in [0, 0.05) is 13.1 Å².